The first-order valence-electron chi connectivity index (χ1n) is 5.26. The normalized spacial score (nSPS) is 11.1. The zero-order valence-corrected chi connectivity index (χ0v) is 9.28. The average molecular weight is 210 g/mol. The third-order valence-electron chi connectivity index (χ3n) is 2.84. The molecule has 0 fully saturated rings. The fourth-order valence-electron chi connectivity index (χ4n) is 2.06. The molecule has 16 heavy (non-hydrogen) atoms. The lowest BCUT2D eigenvalue weighted by Crippen LogP contribution is -1.98. The molecule has 0 saturated heterocycles. The van der Waals surface area contributed by atoms with Crippen LogP contribution in [0, 0.1) is 19.9 Å². The predicted octanol–water partition coefficient (Wildman–Crippen LogP) is 2.77. The molecule has 2 heterocycles. The summed E-state index contributed by atoms with van der Waals surface area (Å²) in [5.41, 5.74) is 5.50. The summed E-state index contributed by atoms with van der Waals surface area (Å²) >= 11 is 0. The maximum absolute atomic E-state index is 4.27. The number of hydrogen-bond donors (Lipinski definition) is 1. The van der Waals surface area contributed by atoms with E-state index in [0.29, 0.717) is 0 Å². The SMILES string of the molecule is Cc1[c]cc(C)n1-c1ccc2[nH]cnc2c1. The van der Waals surface area contributed by atoms with Crippen LogP contribution in [-0.2, 0) is 0 Å². The van der Waals surface area contributed by atoms with Crippen molar-refractivity contribution < 1.29 is 0 Å². The molecule has 0 aliphatic carbocycles. The summed E-state index contributed by atoms with van der Waals surface area (Å²) in [5.74, 6) is 0. The van der Waals surface area contributed by atoms with Gasteiger partial charge in [-0.2, -0.15) is 0 Å². The van der Waals surface area contributed by atoms with Crippen LogP contribution < -0.4 is 0 Å². The largest absolute Gasteiger partial charge is 0.345 e. The van der Waals surface area contributed by atoms with Gasteiger partial charge in [0.15, 0.2) is 0 Å². The second-order valence-corrected chi connectivity index (χ2v) is 3.95. The number of aromatic amines is 1. The fraction of sp³-hybridized carbons (Fsp3) is 0.154. The Labute approximate surface area is 93.7 Å². The van der Waals surface area contributed by atoms with Crippen molar-refractivity contribution in [3.63, 3.8) is 0 Å². The second kappa shape index (κ2) is 3.23. The summed E-state index contributed by atoms with van der Waals surface area (Å²) in [7, 11) is 0. The van der Waals surface area contributed by atoms with Crippen molar-refractivity contribution in [1.82, 2.24) is 14.5 Å². The van der Waals surface area contributed by atoms with E-state index in [1.807, 2.05) is 6.07 Å². The Kier molecular flexibility index (Phi) is 1.86. The molecule has 3 aromatic rings. The molecule has 0 amide bonds. The highest BCUT2D eigenvalue weighted by Crippen LogP contribution is 2.19. The van der Waals surface area contributed by atoms with E-state index in [0.717, 1.165) is 22.4 Å². The molecule has 79 valence electrons. The number of imidazole rings is 1. The molecule has 3 heteroatoms. The second-order valence-electron chi connectivity index (χ2n) is 3.95. The fourth-order valence-corrected chi connectivity index (χ4v) is 2.06. The Morgan fingerprint density at radius 2 is 2.19 bits per heavy atom. The van der Waals surface area contributed by atoms with E-state index in [1.54, 1.807) is 6.33 Å². The Morgan fingerprint density at radius 3 is 2.94 bits per heavy atom. The van der Waals surface area contributed by atoms with Crippen LogP contribution in [0.3, 0.4) is 0 Å². The molecule has 0 unspecified atom stereocenters. The molecule has 1 aromatic carbocycles. The third-order valence-corrected chi connectivity index (χ3v) is 2.84. The zero-order valence-electron chi connectivity index (χ0n) is 9.28. The minimum atomic E-state index is 0.991. The predicted molar refractivity (Wildman–Crippen MR) is 63.7 cm³/mol. The van der Waals surface area contributed by atoms with Crippen molar-refractivity contribution in [1.29, 1.82) is 0 Å². The van der Waals surface area contributed by atoms with Gasteiger partial charge in [0.05, 0.1) is 17.4 Å². The summed E-state index contributed by atoms with van der Waals surface area (Å²) in [6.45, 7) is 4.14. The molecule has 0 atom stereocenters. The van der Waals surface area contributed by atoms with Crippen molar-refractivity contribution in [2.45, 2.75) is 13.8 Å². The number of aryl methyl sites for hydroxylation is 2. The van der Waals surface area contributed by atoms with Gasteiger partial charge in [0, 0.05) is 23.1 Å². The van der Waals surface area contributed by atoms with Crippen molar-refractivity contribution >= 4 is 11.0 Å². The van der Waals surface area contributed by atoms with Gasteiger partial charge in [-0.1, -0.05) is 0 Å². The van der Waals surface area contributed by atoms with E-state index in [1.165, 1.54) is 5.69 Å². The van der Waals surface area contributed by atoms with E-state index in [-0.39, 0.29) is 0 Å². The number of aromatic nitrogens is 3. The molecule has 3 rings (SSSR count). The summed E-state index contributed by atoms with van der Waals surface area (Å²) in [4.78, 5) is 7.36. The summed E-state index contributed by atoms with van der Waals surface area (Å²) in [6.07, 6.45) is 1.72. The molecule has 0 saturated carbocycles. The number of benzene rings is 1. The van der Waals surface area contributed by atoms with Crippen LogP contribution in [0.5, 0.6) is 0 Å². The number of nitrogens with one attached hydrogen (secondary N) is 1. The van der Waals surface area contributed by atoms with E-state index < -0.39 is 0 Å². The first-order valence-corrected chi connectivity index (χ1v) is 5.26. The third kappa shape index (κ3) is 1.25. The lowest BCUT2D eigenvalue weighted by molar-refractivity contribution is 0.967. The lowest BCUT2D eigenvalue weighted by atomic mass is 10.2. The summed E-state index contributed by atoms with van der Waals surface area (Å²) in [5, 5.41) is 0. The first kappa shape index (κ1) is 9.21. The van der Waals surface area contributed by atoms with Crippen LogP contribution >= 0.6 is 0 Å². The molecule has 2 aromatic heterocycles. The zero-order chi connectivity index (χ0) is 11.1. The van der Waals surface area contributed by atoms with Gasteiger partial charge in [0.1, 0.15) is 0 Å². The maximum Gasteiger partial charge on any atom is 0.0931 e. The number of hydrogen-bond acceptors (Lipinski definition) is 1. The Balaban J connectivity index is 2.25. The van der Waals surface area contributed by atoms with Crippen LogP contribution in [0.2, 0.25) is 0 Å². The van der Waals surface area contributed by atoms with E-state index in [9.17, 15) is 0 Å². The smallest absolute Gasteiger partial charge is 0.0931 e. The van der Waals surface area contributed by atoms with E-state index in [2.05, 4.69) is 52.6 Å². The van der Waals surface area contributed by atoms with E-state index in [4.69, 9.17) is 0 Å². The highest BCUT2D eigenvalue weighted by molar-refractivity contribution is 5.77. The number of fused-ring (bicyclic) bond motifs is 1. The molecule has 1 N–H and O–H groups in total. The monoisotopic (exact) mass is 210 g/mol. The molecular formula is C13H12N3. The van der Waals surface area contributed by atoms with Gasteiger partial charge >= 0.3 is 0 Å². The summed E-state index contributed by atoms with van der Waals surface area (Å²) in [6, 6.07) is 11.4. The van der Waals surface area contributed by atoms with Gasteiger partial charge in [-0.05, 0) is 38.1 Å². The lowest BCUT2D eigenvalue weighted by Gasteiger charge is -2.08. The molecule has 0 spiro atoms. The van der Waals surface area contributed by atoms with Crippen LogP contribution in [0.1, 0.15) is 11.4 Å². The topological polar surface area (TPSA) is 33.6 Å². The summed E-state index contributed by atoms with van der Waals surface area (Å²) < 4.78 is 2.17. The van der Waals surface area contributed by atoms with Crippen molar-refractivity contribution in [2.24, 2.45) is 0 Å². The maximum atomic E-state index is 4.27. The van der Waals surface area contributed by atoms with E-state index >= 15 is 0 Å². The highest BCUT2D eigenvalue weighted by atomic mass is 15.0. The number of rotatable bonds is 1. The Hall–Kier alpha value is -2.03. The van der Waals surface area contributed by atoms with Gasteiger partial charge < -0.3 is 9.55 Å². The van der Waals surface area contributed by atoms with Gasteiger partial charge in [-0.25, -0.2) is 4.98 Å². The molecular weight excluding hydrogens is 198 g/mol. The minimum Gasteiger partial charge on any atom is -0.345 e. The molecule has 0 aliphatic rings. The average Bonchev–Trinajstić information content (AvgIpc) is 2.85. The molecule has 3 nitrogen and oxygen atoms in total. The quantitative estimate of drug-likeness (QED) is 0.658. The standard InChI is InChI=1S/C13H12N3/c1-9-3-4-10(2)16(9)11-5-6-12-13(7-11)15-8-14-12/h3,5-8H,1-2H3,(H,14,15). The number of nitrogens with zero attached hydrogens (tertiary/aromatic N) is 2. The molecule has 0 aliphatic heterocycles. The van der Waals surface area contributed by atoms with Crippen LogP contribution in [-0.4, -0.2) is 14.5 Å². The molecule has 1 radical (unpaired) electrons. The van der Waals surface area contributed by atoms with Gasteiger partial charge in [0.2, 0.25) is 0 Å². The van der Waals surface area contributed by atoms with Crippen LogP contribution in [0.15, 0.2) is 30.6 Å². The minimum absolute atomic E-state index is 0.991. The van der Waals surface area contributed by atoms with Gasteiger partial charge in [-0.3, -0.25) is 0 Å². The van der Waals surface area contributed by atoms with Crippen molar-refractivity contribution in [3.05, 3.63) is 48.0 Å². The Bertz CT molecular complexity index is 627. The number of H-pyrrole nitrogens is 1. The van der Waals surface area contributed by atoms with Crippen molar-refractivity contribution in [3.8, 4) is 5.69 Å². The first-order chi connectivity index (χ1) is 7.75. The van der Waals surface area contributed by atoms with Crippen molar-refractivity contribution in [2.75, 3.05) is 0 Å². The van der Waals surface area contributed by atoms with Crippen LogP contribution in [0.25, 0.3) is 16.7 Å². The van der Waals surface area contributed by atoms with Crippen LogP contribution in [0.4, 0.5) is 0 Å². The molecule has 0 bridgehead atoms. The van der Waals surface area contributed by atoms with Gasteiger partial charge in [0.25, 0.3) is 0 Å². The Morgan fingerprint density at radius 1 is 1.31 bits per heavy atom. The van der Waals surface area contributed by atoms with Gasteiger partial charge in [-0.15, -0.1) is 0 Å². The highest BCUT2D eigenvalue weighted by Gasteiger charge is 2.05.